The molecule has 4 aliphatic rings. The van der Waals surface area contributed by atoms with Gasteiger partial charge in [-0.3, -0.25) is 4.79 Å². The van der Waals surface area contributed by atoms with E-state index in [9.17, 15) is 4.79 Å². The molecule has 6 rings (SSSR count). The topological polar surface area (TPSA) is 58.1 Å². The third-order valence-corrected chi connectivity index (χ3v) is 7.98. The molecule has 1 saturated heterocycles. The molecule has 5 heteroatoms. The van der Waals surface area contributed by atoms with Crippen LogP contribution in [0.1, 0.15) is 37.8 Å². The number of nitrogens with zero attached hydrogens (tertiary/aromatic N) is 3. The number of nitrogens with one attached hydrogen (secondary N) is 1. The van der Waals surface area contributed by atoms with Crippen LogP contribution in [0.4, 0.5) is 5.95 Å². The van der Waals surface area contributed by atoms with Crippen LogP contribution in [0.2, 0.25) is 0 Å². The van der Waals surface area contributed by atoms with Crippen molar-refractivity contribution in [3.8, 4) is 0 Å². The minimum atomic E-state index is -0.153. The van der Waals surface area contributed by atoms with E-state index in [4.69, 9.17) is 9.97 Å². The average Bonchev–Trinajstić information content (AvgIpc) is 3.13. The van der Waals surface area contributed by atoms with Crippen LogP contribution in [0.15, 0.2) is 36.4 Å². The first-order valence-electron chi connectivity index (χ1n) is 11.1. The van der Waals surface area contributed by atoms with Gasteiger partial charge in [0.2, 0.25) is 11.9 Å². The van der Waals surface area contributed by atoms with Crippen molar-refractivity contribution in [1.29, 1.82) is 0 Å². The molecule has 3 fully saturated rings. The first kappa shape index (κ1) is 17.4. The summed E-state index contributed by atoms with van der Waals surface area (Å²) in [6.45, 7) is 3.68. The van der Waals surface area contributed by atoms with Crippen LogP contribution in [0.5, 0.6) is 0 Å². The smallest absolute Gasteiger partial charge is 0.242 e. The molecule has 0 unspecified atom stereocenters. The third-order valence-electron chi connectivity index (χ3n) is 7.98. The van der Waals surface area contributed by atoms with Crippen molar-refractivity contribution in [2.24, 2.45) is 23.2 Å². The van der Waals surface area contributed by atoms with Crippen LogP contribution < -0.4 is 10.2 Å². The zero-order valence-corrected chi connectivity index (χ0v) is 17.0. The molecule has 2 heterocycles. The molecule has 1 N–H and O–H groups in total. The molecule has 1 aromatic heterocycles. The molecule has 0 radical (unpaired) electrons. The number of aromatic nitrogens is 2. The molecule has 1 spiro atoms. The Hall–Kier alpha value is -2.43. The predicted octanol–water partition coefficient (Wildman–Crippen LogP) is 3.63. The van der Waals surface area contributed by atoms with Gasteiger partial charge in [0.25, 0.3) is 0 Å². The van der Waals surface area contributed by atoms with Crippen molar-refractivity contribution in [2.75, 3.05) is 18.0 Å². The van der Waals surface area contributed by atoms with Gasteiger partial charge in [0, 0.05) is 18.5 Å². The summed E-state index contributed by atoms with van der Waals surface area (Å²) in [6.07, 6.45) is 10.8. The van der Waals surface area contributed by atoms with Crippen LogP contribution in [0.3, 0.4) is 0 Å². The van der Waals surface area contributed by atoms with E-state index < -0.39 is 0 Å². The molecule has 2 bridgehead atoms. The van der Waals surface area contributed by atoms with Crippen molar-refractivity contribution in [1.82, 2.24) is 15.3 Å². The van der Waals surface area contributed by atoms with Gasteiger partial charge in [-0.1, -0.05) is 30.4 Å². The van der Waals surface area contributed by atoms with E-state index in [0.29, 0.717) is 23.2 Å². The van der Waals surface area contributed by atoms with E-state index in [2.05, 4.69) is 28.4 Å². The highest BCUT2D eigenvalue weighted by Crippen LogP contribution is 2.69. The van der Waals surface area contributed by atoms with Gasteiger partial charge in [-0.15, -0.1) is 0 Å². The normalized spacial score (nSPS) is 31.1. The monoisotopic (exact) mass is 388 g/mol. The number of carbonyl (C=O) groups excluding carboxylic acids is 1. The fourth-order valence-electron chi connectivity index (χ4n) is 6.33. The summed E-state index contributed by atoms with van der Waals surface area (Å²) >= 11 is 0. The maximum atomic E-state index is 13.1. The molecular formula is C24H28N4O. The molecule has 5 nitrogen and oxygen atoms in total. The molecule has 2 aromatic rings. The number of anilines is 1. The molecular weight excluding hydrogens is 360 g/mol. The summed E-state index contributed by atoms with van der Waals surface area (Å²) in [5.41, 5.74) is 2.51. The lowest BCUT2D eigenvalue weighted by atomic mass is 9.89. The van der Waals surface area contributed by atoms with Gasteiger partial charge < -0.3 is 10.2 Å². The number of benzene rings is 1. The van der Waals surface area contributed by atoms with E-state index >= 15 is 0 Å². The van der Waals surface area contributed by atoms with Gasteiger partial charge in [0.05, 0.1) is 11.2 Å². The van der Waals surface area contributed by atoms with Gasteiger partial charge >= 0.3 is 0 Å². The Bertz CT molecular complexity index is 1010. The lowest BCUT2D eigenvalue weighted by Crippen LogP contribution is -2.45. The minimum Gasteiger partial charge on any atom is -0.354 e. The summed E-state index contributed by atoms with van der Waals surface area (Å²) < 4.78 is 0. The third kappa shape index (κ3) is 2.62. The average molecular weight is 389 g/mol. The zero-order valence-electron chi connectivity index (χ0n) is 17.0. The summed E-state index contributed by atoms with van der Waals surface area (Å²) in [7, 11) is 0. The van der Waals surface area contributed by atoms with Crippen LogP contribution >= 0.6 is 0 Å². The summed E-state index contributed by atoms with van der Waals surface area (Å²) in [5, 5.41) is 4.38. The van der Waals surface area contributed by atoms with Crippen molar-refractivity contribution < 1.29 is 4.79 Å². The fourth-order valence-corrected chi connectivity index (χ4v) is 6.33. The molecule has 29 heavy (non-hydrogen) atoms. The Morgan fingerprint density at radius 3 is 2.93 bits per heavy atom. The molecule has 1 aromatic carbocycles. The van der Waals surface area contributed by atoms with Crippen LogP contribution in [0.25, 0.3) is 10.9 Å². The second-order valence-corrected chi connectivity index (χ2v) is 9.47. The van der Waals surface area contributed by atoms with Crippen LogP contribution in [-0.2, 0) is 4.79 Å². The Morgan fingerprint density at radius 2 is 2.10 bits per heavy atom. The highest BCUT2D eigenvalue weighted by Gasteiger charge is 2.62. The number of para-hydroxylation sites is 1. The van der Waals surface area contributed by atoms with E-state index in [-0.39, 0.29) is 11.9 Å². The maximum absolute atomic E-state index is 13.1. The van der Waals surface area contributed by atoms with Crippen LogP contribution in [-0.4, -0.2) is 35.0 Å². The number of rotatable bonds is 4. The maximum Gasteiger partial charge on any atom is 0.242 e. The Kier molecular flexibility index (Phi) is 3.78. The fraction of sp³-hybridized carbons (Fsp3) is 0.542. The van der Waals surface area contributed by atoms with E-state index in [0.717, 1.165) is 48.4 Å². The van der Waals surface area contributed by atoms with Crippen molar-refractivity contribution in [3.05, 3.63) is 42.1 Å². The van der Waals surface area contributed by atoms with E-state index in [1.54, 1.807) is 0 Å². The highest BCUT2D eigenvalue weighted by atomic mass is 16.2. The first-order valence-corrected chi connectivity index (χ1v) is 11.1. The molecule has 3 aliphatic carbocycles. The number of allylic oxidation sites excluding steroid dienone is 2. The lowest BCUT2D eigenvalue weighted by Gasteiger charge is -2.26. The Balaban J connectivity index is 1.17. The van der Waals surface area contributed by atoms with Crippen LogP contribution in [0, 0.1) is 30.1 Å². The first-order chi connectivity index (χ1) is 14.2. The SMILES string of the molecule is Cc1nc(N2CCC[C@H]2C(=O)NC[C@@H]2C[C@@H]3C=C[C@@H]2C32CC2)nc2ccccc12. The van der Waals surface area contributed by atoms with Crippen molar-refractivity contribution in [3.63, 3.8) is 0 Å². The van der Waals surface area contributed by atoms with Gasteiger partial charge in [0.1, 0.15) is 6.04 Å². The molecule has 4 atom stereocenters. The van der Waals surface area contributed by atoms with Crippen molar-refractivity contribution in [2.45, 2.75) is 45.1 Å². The summed E-state index contributed by atoms with van der Waals surface area (Å²) in [5.74, 6) is 2.92. The number of fused-ring (bicyclic) bond motifs is 1. The number of hydrogen-bond acceptors (Lipinski definition) is 4. The van der Waals surface area contributed by atoms with Gasteiger partial charge in [-0.05, 0) is 68.3 Å². The lowest BCUT2D eigenvalue weighted by molar-refractivity contribution is -0.122. The van der Waals surface area contributed by atoms with Gasteiger partial charge in [-0.25, -0.2) is 9.97 Å². The van der Waals surface area contributed by atoms with E-state index in [1.807, 2.05) is 25.1 Å². The largest absolute Gasteiger partial charge is 0.354 e. The second kappa shape index (κ2) is 6.28. The van der Waals surface area contributed by atoms with Gasteiger partial charge in [-0.2, -0.15) is 0 Å². The highest BCUT2D eigenvalue weighted by molar-refractivity contribution is 5.86. The van der Waals surface area contributed by atoms with E-state index in [1.165, 1.54) is 19.3 Å². The minimum absolute atomic E-state index is 0.147. The molecule has 1 aliphatic heterocycles. The Morgan fingerprint density at radius 1 is 1.24 bits per heavy atom. The van der Waals surface area contributed by atoms with Gasteiger partial charge in [0.15, 0.2) is 0 Å². The zero-order chi connectivity index (χ0) is 19.6. The molecule has 1 amide bonds. The number of carbonyl (C=O) groups is 1. The quantitative estimate of drug-likeness (QED) is 0.813. The second-order valence-electron chi connectivity index (χ2n) is 9.47. The molecule has 150 valence electrons. The standard InChI is InChI=1S/C24H28N4O/c1-15-18-5-2-3-6-20(18)27-23(26-15)28-12-4-7-21(28)22(29)25-14-16-13-17-8-9-19(16)24(17)10-11-24/h2-3,5-6,8-9,16-17,19,21H,4,7,10-14H2,1H3,(H,25,29)/t16-,17-,19-,21-/m0/s1. The predicted molar refractivity (Wildman–Crippen MR) is 114 cm³/mol. The Labute approximate surface area is 171 Å². The summed E-state index contributed by atoms with van der Waals surface area (Å²) in [4.78, 5) is 24.7. The number of amides is 1. The summed E-state index contributed by atoms with van der Waals surface area (Å²) in [6, 6.07) is 7.94. The number of aryl methyl sites for hydroxylation is 1. The van der Waals surface area contributed by atoms with Crippen molar-refractivity contribution >= 4 is 22.8 Å². The molecule has 2 saturated carbocycles. The number of hydrogen-bond donors (Lipinski definition) is 1.